The first-order valence-corrected chi connectivity index (χ1v) is 7.78. The van der Waals surface area contributed by atoms with Crippen LogP contribution in [-0.2, 0) is 12.6 Å². The Hall–Kier alpha value is -2.90. The maximum absolute atomic E-state index is 13.6. The summed E-state index contributed by atoms with van der Waals surface area (Å²) in [6, 6.07) is 7.06. The van der Waals surface area contributed by atoms with Gasteiger partial charge in [0.25, 0.3) is 0 Å². The van der Waals surface area contributed by atoms with Crippen molar-refractivity contribution in [2.24, 2.45) is 0 Å². The molecule has 128 valence electrons. The minimum Gasteiger partial charge on any atom is -0.267 e. The molecule has 25 heavy (non-hydrogen) atoms. The number of para-hydroxylation sites is 1. The van der Waals surface area contributed by atoms with E-state index in [9.17, 15) is 13.2 Å². The first kappa shape index (κ1) is 15.6. The van der Waals surface area contributed by atoms with Crippen LogP contribution in [0.15, 0.2) is 36.8 Å². The number of hydrogen-bond acceptors (Lipinski definition) is 3. The molecule has 0 saturated heterocycles. The first-order valence-electron chi connectivity index (χ1n) is 7.78. The minimum absolute atomic E-state index is 0.151. The Bertz CT molecular complexity index is 1090. The second kappa shape index (κ2) is 5.30. The molecule has 4 aromatic rings. The van der Waals surface area contributed by atoms with Crippen LogP contribution in [0, 0.1) is 6.92 Å². The molecule has 4 rings (SSSR count). The summed E-state index contributed by atoms with van der Waals surface area (Å²) >= 11 is 0. The first-order chi connectivity index (χ1) is 11.9. The van der Waals surface area contributed by atoms with Gasteiger partial charge in [0, 0.05) is 17.1 Å². The molecule has 3 heterocycles. The van der Waals surface area contributed by atoms with Crippen molar-refractivity contribution < 1.29 is 13.2 Å². The highest BCUT2D eigenvalue weighted by Crippen LogP contribution is 2.35. The summed E-state index contributed by atoms with van der Waals surface area (Å²) in [5, 5.41) is 4.96. The molecule has 8 heteroatoms. The maximum atomic E-state index is 13.6. The van der Waals surface area contributed by atoms with Gasteiger partial charge in [-0.25, -0.2) is 14.6 Å². The molecular formula is C17H14F3N5. The normalized spacial score (nSPS) is 12.4. The number of aryl methyl sites for hydroxylation is 2. The largest absolute Gasteiger partial charge is 0.437 e. The monoisotopic (exact) mass is 345 g/mol. The Morgan fingerprint density at radius 1 is 1.20 bits per heavy atom. The van der Waals surface area contributed by atoms with Crippen LogP contribution in [-0.4, -0.2) is 24.1 Å². The highest BCUT2D eigenvalue weighted by Gasteiger charge is 2.39. The van der Waals surface area contributed by atoms with Gasteiger partial charge in [-0.2, -0.15) is 18.3 Å². The van der Waals surface area contributed by atoms with Gasteiger partial charge in [-0.15, -0.1) is 0 Å². The van der Waals surface area contributed by atoms with Crippen LogP contribution in [0.2, 0.25) is 0 Å². The van der Waals surface area contributed by atoms with E-state index in [-0.39, 0.29) is 11.5 Å². The molecule has 0 spiro atoms. The van der Waals surface area contributed by atoms with Gasteiger partial charge in [-0.3, -0.25) is 4.40 Å². The standard InChI is InChI=1S/C17H14F3N5/c1-3-12-7-13-23-15(17(18,19)20)16(24(13)9-21-12)25-14-10(2)5-4-6-11(14)8-22-25/h4-9H,3H2,1-2H3. The maximum Gasteiger partial charge on any atom is 0.437 e. The number of hydrogen-bond donors (Lipinski definition) is 0. The fourth-order valence-corrected chi connectivity index (χ4v) is 2.97. The Morgan fingerprint density at radius 3 is 2.72 bits per heavy atom. The van der Waals surface area contributed by atoms with Gasteiger partial charge < -0.3 is 0 Å². The topological polar surface area (TPSA) is 48.0 Å². The summed E-state index contributed by atoms with van der Waals surface area (Å²) in [5.74, 6) is -0.151. The third-order valence-corrected chi connectivity index (χ3v) is 4.17. The number of imidazole rings is 1. The summed E-state index contributed by atoms with van der Waals surface area (Å²) in [6.07, 6.45) is -1.06. The number of aromatic nitrogens is 5. The smallest absolute Gasteiger partial charge is 0.267 e. The van der Waals surface area contributed by atoms with E-state index in [0.29, 0.717) is 17.6 Å². The summed E-state index contributed by atoms with van der Waals surface area (Å²) in [4.78, 5) is 8.03. The highest BCUT2D eigenvalue weighted by molar-refractivity contribution is 5.83. The number of benzene rings is 1. The van der Waals surface area contributed by atoms with E-state index < -0.39 is 11.9 Å². The van der Waals surface area contributed by atoms with Gasteiger partial charge in [0.1, 0.15) is 12.0 Å². The average molecular weight is 345 g/mol. The molecule has 0 fully saturated rings. The second-order valence-corrected chi connectivity index (χ2v) is 5.81. The lowest BCUT2D eigenvalue weighted by molar-refractivity contribution is -0.140. The Morgan fingerprint density at radius 2 is 2.00 bits per heavy atom. The lowest BCUT2D eigenvalue weighted by atomic mass is 10.2. The van der Waals surface area contributed by atoms with Gasteiger partial charge in [0.2, 0.25) is 0 Å². The molecule has 3 aromatic heterocycles. The van der Waals surface area contributed by atoms with Crippen molar-refractivity contribution in [2.75, 3.05) is 0 Å². The van der Waals surface area contributed by atoms with Crippen LogP contribution in [0.5, 0.6) is 0 Å². The lowest BCUT2D eigenvalue weighted by Crippen LogP contribution is -2.13. The second-order valence-electron chi connectivity index (χ2n) is 5.81. The predicted octanol–water partition coefficient (Wildman–Crippen LogP) is 3.96. The van der Waals surface area contributed by atoms with Gasteiger partial charge in [-0.1, -0.05) is 25.1 Å². The SMILES string of the molecule is CCc1cc2nc(C(F)(F)F)c(-n3ncc4cccc(C)c43)n2cn1. The molecule has 0 radical (unpaired) electrons. The van der Waals surface area contributed by atoms with E-state index in [1.807, 2.05) is 32.0 Å². The number of nitrogens with zero attached hydrogens (tertiary/aromatic N) is 5. The zero-order chi connectivity index (χ0) is 17.8. The van der Waals surface area contributed by atoms with E-state index in [4.69, 9.17) is 0 Å². The molecule has 0 saturated carbocycles. The fraction of sp³-hybridized carbons (Fsp3) is 0.235. The van der Waals surface area contributed by atoms with Crippen LogP contribution in [0.1, 0.15) is 23.9 Å². The fourth-order valence-electron chi connectivity index (χ4n) is 2.97. The van der Waals surface area contributed by atoms with Crippen molar-refractivity contribution in [1.29, 1.82) is 0 Å². The van der Waals surface area contributed by atoms with Crippen LogP contribution in [0.25, 0.3) is 22.4 Å². The number of fused-ring (bicyclic) bond motifs is 2. The van der Waals surface area contributed by atoms with Crippen molar-refractivity contribution in [2.45, 2.75) is 26.4 Å². The van der Waals surface area contributed by atoms with Crippen molar-refractivity contribution >= 4 is 16.6 Å². The summed E-state index contributed by atoms with van der Waals surface area (Å²) in [7, 11) is 0. The van der Waals surface area contributed by atoms with Crippen LogP contribution >= 0.6 is 0 Å². The van der Waals surface area contributed by atoms with Gasteiger partial charge >= 0.3 is 6.18 Å². The average Bonchev–Trinajstić information content (AvgIpc) is 3.15. The molecule has 0 aliphatic heterocycles. The molecule has 0 bridgehead atoms. The Balaban J connectivity index is 2.12. The highest BCUT2D eigenvalue weighted by atomic mass is 19.4. The molecule has 0 N–H and O–H groups in total. The van der Waals surface area contributed by atoms with E-state index >= 15 is 0 Å². The number of halogens is 3. The third-order valence-electron chi connectivity index (χ3n) is 4.17. The number of alkyl halides is 3. The van der Waals surface area contributed by atoms with E-state index in [0.717, 1.165) is 10.9 Å². The number of rotatable bonds is 2. The summed E-state index contributed by atoms with van der Waals surface area (Å²) in [6.45, 7) is 3.72. The zero-order valence-corrected chi connectivity index (χ0v) is 13.5. The molecule has 1 aromatic carbocycles. The molecule has 5 nitrogen and oxygen atoms in total. The van der Waals surface area contributed by atoms with Crippen LogP contribution in [0.4, 0.5) is 13.2 Å². The van der Waals surface area contributed by atoms with Gasteiger partial charge in [-0.05, 0) is 18.9 Å². The quantitative estimate of drug-likeness (QED) is 0.552. The molecule has 0 aliphatic carbocycles. The predicted molar refractivity (Wildman–Crippen MR) is 86.7 cm³/mol. The van der Waals surface area contributed by atoms with E-state index in [2.05, 4.69) is 15.1 Å². The van der Waals surface area contributed by atoms with Crippen LogP contribution in [0.3, 0.4) is 0 Å². The van der Waals surface area contributed by atoms with Crippen molar-refractivity contribution in [3.63, 3.8) is 0 Å². The third kappa shape index (κ3) is 2.36. The molecule has 0 aliphatic rings. The van der Waals surface area contributed by atoms with Crippen molar-refractivity contribution in [3.8, 4) is 5.82 Å². The van der Waals surface area contributed by atoms with E-state index in [1.165, 1.54) is 15.4 Å². The van der Waals surface area contributed by atoms with Gasteiger partial charge in [0.05, 0.1) is 11.7 Å². The van der Waals surface area contributed by atoms with Crippen molar-refractivity contribution in [1.82, 2.24) is 24.1 Å². The van der Waals surface area contributed by atoms with Crippen molar-refractivity contribution in [3.05, 3.63) is 53.7 Å². The molecule has 0 amide bonds. The lowest BCUT2D eigenvalue weighted by Gasteiger charge is -2.10. The Kier molecular flexibility index (Phi) is 3.31. The Labute approximate surface area is 140 Å². The van der Waals surface area contributed by atoms with Gasteiger partial charge in [0.15, 0.2) is 11.5 Å². The molecular weight excluding hydrogens is 331 g/mol. The summed E-state index contributed by atoms with van der Waals surface area (Å²) < 4.78 is 43.5. The minimum atomic E-state index is -4.60. The molecule has 0 unspecified atom stereocenters. The van der Waals surface area contributed by atoms with E-state index in [1.54, 1.807) is 12.3 Å². The van der Waals surface area contributed by atoms with Crippen LogP contribution < -0.4 is 0 Å². The summed E-state index contributed by atoms with van der Waals surface area (Å²) in [5.41, 5.74) is 1.35. The zero-order valence-electron chi connectivity index (χ0n) is 13.5. The molecule has 0 atom stereocenters.